The van der Waals surface area contributed by atoms with Gasteiger partial charge in [-0.3, -0.25) is 0 Å². The van der Waals surface area contributed by atoms with Crippen molar-refractivity contribution in [3.8, 4) is 0 Å². The first-order valence-electron chi connectivity index (χ1n) is 2.00. The third kappa shape index (κ3) is 0.936. The lowest BCUT2D eigenvalue weighted by atomic mass is 10.5. The summed E-state index contributed by atoms with van der Waals surface area (Å²) in [4.78, 5) is 5.00. The van der Waals surface area contributed by atoms with Crippen LogP contribution in [0, 0.1) is 0 Å². The molecule has 0 bridgehead atoms. The van der Waals surface area contributed by atoms with E-state index in [0.29, 0.717) is 0 Å². The molecule has 0 aliphatic carbocycles. The molecule has 2 nitrogen and oxygen atoms in total. The van der Waals surface area contributed by atoms with Gasteiger partial charge >= 0.3 is 0 Å². The number of hydrogen-bond acceptors (Lipinski definition) is 2. The second kappa shape index (κ2) is 1.92. The van der Waals surface area contributed by atoms with Gasteiger partial charge in [0.15, 0.2) is 0 Å². The molecule has 4 heteroatoms. The van der Waals surface area contributed by atoms with Crippen molar-refractivity contribution in [1.29, 1.82) is 0 Å². The number of rotatable bonds is 0. The van der Waals surface area contributed by atoms with Crippen molar-refractivity contribution in [1.82, 2.24) is 4.74 Å². The first-order chi connectivity index (χ1) is 2.89. The molecule has 1 fully saturated rings. The summed E-state index contributed by atoms with van der Waals surface area (Å²) in [6, 6.07) is 0. The van der Waals surface area contributed by atoms with Gasteiger partial charge in [-0.05, 0) is 8.73 Å². The summed E-state index contributed by atoms with van der Waals surface area (Å²) < 4.78 is 1.89. The molecule has 1 aliphatic heterocycles. The lowest BCUT2D eigenvalue weighted by Crippen LogP contribution is -2.01. The SMILES string of the molecule is BN1OCCP1. The van der Waals surface area contributed by atoms with E-state index in [9.17, 15) is 0 Å². The fourth-order valence-corrected chi connectivity index (χ4v) is 1.11. The van der Waals surface area contributed by atoms with Crippen LogP contribution in [-0.2, 0) is 4.84 Å². The van der Waals surface area contributed by atoms with Crippen LogP contribution in [0.15, 0.2) is 0 Å². The molecular weight excluding hydrogens is 95.8 g/mol. The van der Waals surface area contributed by atoms with Crippen molar-refractivity contribution in [2.75, 3.05) is 12.8 Å². The predicted octanol–water partition coefficient (Wildman–Crippen LogP) is -0.625. The molecule has 1 aliphatic rings. The summed E-state index contributed by atoms with van der Waals surface area (Å²) in [5, 5.41) is 0. The zero-order chi connectivity index (χ0) is 4.41. The van der Waals surface area contributed by atoms with Crippen molar-refractivity contribution < 1.29 is 4.84 Å². The molecule has 1 unspecified atom stereocenters. The van der Waals surface area contributed by atoms with E-state index in [1.54, 1.807) is 0 Å². The highest BCUT2D eigenvalue weighted by atomic mass is 31.1. The van der Waals surface area contributed by atoms with E-state index in [0.717, 1.165) is 15.3 Å². The molecule has 0 aromatic heterocycles. The minimum atomic E-state index is 0.894. The maximum Gasteiger partial charge on any atom is 0.226 e. The van der Waals surface area contributed by atoms with Crippen LogP contribution >= 0.6 is 8.73 Å². The third-order valence-corrected chi connectivity index (χ3v) is 1.72. The Kier molecular flexibility index (Phi) is 1.46. The van der Waals surface area contributed by atoms with Crippen LogP contribution in [-0.4, -0.2) is 25.5 Å². The Hall–Kier alpha value is 0.415. The van der Waals surface area contributed by atoms with Crippen LogP contribution in [0.25, 0.3) is 0 Å². The number of hydrogen-bond donors (Lipinski definition) is 0. The van der Waals surface area contributed by atoms with Gasteiger partial charge in [0.2, 0.25) is 7.98 Å². The predicted molar refractivity (Wildman–Crippen MR) is 29.5 cm³/mol. The summed E-state index contributed by atoms with van der Waals surface area (Å²) in [5.41, 5.74) is 0. The van der Waals surface area contributed by atoms with E-state index in [-0.39, 0.29) is 0 Å². The van der Waals surface area contributed by atoms with E-state index < -0.39 is 0 Å². The van der Waals surface area contributed by atoms with Crippen LogP contribution < -0.4 is 0 Å². The van der Waals surface area contributed by atoms with Crippen molar-refractivity contribution in [2.45, 2.75) is 0 Å². The molecular formula is C2H7BNOP. The molecule has 1 heterocycles. The van der Waals surface area contributed by atoms with E-state index in [4.69, 9.17) is 4.84 Å². The van der Waals surface area contributed by atoms with Gasteiger partial charge in [-0.15, -0.1) is 0 Å². The summed E-state index contributed by atoms with van der Waals surface area (Å²) in [7, 11) is 2.86. The van der Waals surface area contributed by atoms with Gasteiger partial charge in [-0.2, -0.15) is 0 Å². The van der Waals surface area contributed by atoms with Crippen LogP contribution in [0.3, 0.4) is 0 Å². The second-order valence-corrected chi connectivity index (χ2v) is 2.68. The van der Waals surface area contributed by atoms with E-state index in [2.05, 4.69) is 0 Å². The van der Waals surface area contributed by atoms with Crippen molar-refractivity contribution in [2.24, 2.45) is 0 Å². The van der Waals surface area contributed by atoms with Gasteiger partial charge < -0.3 is 4.84 Å². The highest BCUT2D eigenvalue weighted by Crippen LogP contribution is 2.20. The van der Waals surface area contributed by atoms with Crippen LogP contribution in [0.5, 0.6) is 0 Å². The first kappa shape index (κ1) is 4.57. The topological polar surface area (TPSA) is 12.5 Å². The summed E-state index contributed by atoms with van der Waals surface area (Å²) in [6.07, 6.45) is 1.22. The standard InChI is InChI=1S/C2H7BNOP/c3-4-5-1-2-6-4/h6H,1-3H2. The van der Waals surface area contributed by atoms with Crippen molar-refractivity contribution in [3.05, 3.63) is 0 Å². The van der Waals surface area contributed by atoms with Crippen molar-refractivity contribution >= 4 is 16.7 Å². The Morgan fingerprint density at radius 1 is 1.83 bits per heavy atom. The molecule has 0 radical (unpaired) electrons. The average Bonchev–Trinajstić information content (AvgIpc) is 1.86. The Balaban J connectivity index is 2.18. The fourth-order valence-electron chi connectivity index (χ4n) is 0.431. The minimum absolute atomic E-state index is 0.894. The molecule has 0 amide bonds. The zero-order valence-electron chi connectivity index (χ0n) is 3.77. The molecule has 1 rings (SSSR count). The summed E-state index contributed by atoms with van der Waals surface area (Å²) in [6.45, 7) is 0.926. The number of nitrogens with zero attached hydrogens (tertiary/aromatic N) is 1. The molecule has 0 aromatic carbocycles. The van der Waals surface area contributed by atoms with E-state index >= 15 is 0 Å². The average molecular weight is 103 g/mol. The molecule has 1 atom stereocenters. The van der Waals surface area contributed by atoms with Gasteiger partial charge in [0.05, 0.1) is 6.61 Å². The normalized spacial score (nSPS) is 29.3. The lowest BCUT2D eigenvalue weighted by molar-refractivity contribution is 0.0202. The van der Waals surface area contributed by atoms with Crippen molar-refractivity contribution in [3.63, 3.8) is 0 Å². The molecule has 34 valence electrons. The Morgan fingerprint density at radius 3 is 2.83 bits per heavy atom. The van der Waals surface area contributed by atoms with E-state index in [1.165, 1.54) is 6.16 Å². The van der Waals surface area contributed by atoms with Crippen LogP contribution in [0.4, 0.5) is 0 Å². The smallest absolute Gasteiger partial charge is 0.226 e. The Bertz CT molecular complexity index is 46.8. The Labute approximate surface area is 40.1 Å². The molecule has 0 aromatic rings. The van der Waals surface area contributed by atoms with E-state index in [1.807, 2.05) is 12.7 Å². The van der Waals surface area contributed by atoms with Gasteiger partial charge in [0, 0.05) is 6.16 Å². The lowest BCUT2D eigenvalue weighted by Gasteiger charge is -2.01. The van der Waals surface area contributed by atoms with Gasteiger partial charge in [0.25, 0.3) is 0 Å². The fraction of sp³-hybridized carbons (Fsp3) is 1.00. The third-order valence-electron chi connectivity index (χ3n) is 0.721. The van der Waals surface area contributed by atoms with Crippen LogP contribution in [0.2, 0.25) is 0 Å². The second-order valence-electron chi connectivity index (χ2n) is 1.24. The quantitative estimate of drug-likeness (QED) is 0.299. The Morgan fingerprint density at radius 2 is 2.67 bits per heavy atom. The molecule has 6 heavy (non-hydrogen) atoms. The minimum Gasteiger partial charge on any atom is -0.308 e. The maximum absolute atomic E-state index is 5.00. The summed E-state index contributed by atoms with van der Waals surface area (Å²) in [5.74, 6) is 0. The highest BCUT2D eigenvalue weighted by molar-refractivity contribution is 7.36. The molecule has 1 saturated heterocycles. The maximum atomic E-state index is 5.00. The van der Waals surface area contributed by atoms with Gasteiger partial charge in [-0.25, -0.2) is 4.74 Å². The molecule has 0 N–H and O–H groups in total. The van der Waals surface area contributed by atoms with Gasteiger partial charge in [-0.1, -0.05) is 0 Å². The van der Waals surface area contributed by atoms with Gasteiger partial charge in [0.1, 0.15) is 0 Å². The van der Waals surface area contributed by atoms with Crippen LogP contribution in [0.1, 0.15) is 0 Å². The highest BCUT2D eigenvalue weighted by Gasteiger charge is 2.03. The molecule has 0 saturated carbocycles. The molecule has 0 spiro atoms. The zero-order valence-corrected chi connectivity index (χ0v) is 4.77. The summed E-state index contributed by atoms with van der Waals surface area (Å²) >= 11 is 0. The first-order valence-corrected chi connectivity index (χ1v) is 3.15. The largest absolute Gasteiger partial charge is 0.308 e. The monoisotopic (exact) mass is 103 g/mol.